The molecule has 1 aliphatic heterocycles. The first-order chi connectivity index (χ1) is 6.66. The van der Waals surface area contributed by atoms with E-state index < -0.39 is 0 Å². The van der Waals surface area contributed by atoms with Crippen molar-refractivity contribution in [2.75, 3.05) is 0 Å². The molecular formula is C10H9BrFNO. The Balaban J connectivity index is 2.28. The third-order valence-electron chi connectivity index (χ3n) is 2.33. The van der Waals surface area contributed by atoms with Crippen molar-refractivity contribution >= 4 is 21.8 Å². The predicted octanol–water partition coefficient (Wildman–Crippen LogP) is 2.54. The summed E-state index contributed by atoms with van der Waals surface area (Å²) < 4.78 is 14.2. The Kier molecular flexibility index (Phi) is 2.54. The molecule has 2 rings (SSSR count). The van der Waals surface area contributed by atoms with Gasteiger partial charge >= 0.3 is 0 Å². The lowest BCUT2D eigenvalue weighted by molar-refractivity contribution is -0.119. The molecule has 1 atom stereocenters. The van der Waals surface area contributed by atoms with Crippen LogP contribution in [-0.2, 0) is 4.79 Å². The monoisotopic (exact) mass is 257 g/mol. The fraction of sp³-hybridized carbons (Fsp3) is 0.300. The van der Waals surface area contributed by atoms with Crippen LogP contribution >= 0.6 is 15.9 Å². The normalized spacial score (nSPS) is 21.0. The molecule has 0 aliphatic carbocycles. The molecule has 1 aliphatic rings. The maximum atomic E-state index is 13.4. The van der Waals surface area contributed by atoms with Crippen LogP contribution in [0.4, 0.5) is 4.39 Å². The second-order valence-corrected chi connectivity index (χ2v) is 4.24. The van der Waals surface area contributed by atoms with Gasteiger partial charge in [-0.1, -0.05) is 22.0 Å². The van der Waals surface area contributed by atoms with Gasteiger partial charge in [0.25, 0.3) is 0 Å². The molecule has 0 radical (unpaired) electrons. The van der Waals surface area contributed by atoms with Crippen LogP contribution in [0, 0.1) is 5.82 Å². The Morgan fingerprint density at radius 1 is 1.50 bits per heavy atom. The van der Waals surface area contributed by atoms with Crippen molar-refractivity contribution < 1.29 is 9.18 Å². The Hall–Kier alpha value is -0.900. The van der Waals surface area contributed by atoms with Gasteiger partial charge in [-0.2, -0.15) is 0 Å². The fourth-order valence-electron chi connectivity index (χ4n) is 1.63. The van der Waals surface area contributed by atoms with Crippen molar-refractivity contribution in [2.45, 2.75) is 18.9 Å². The van der Waals surface area contributed by atoms with E-state index in [9.17, 15) is 9.18 Å². The third-order valence-corrected chi connectivity index (χ3v) is 2.83. The van der Waals surface area contributed by atoms with Crippen molar-refractivity contribution in [1.29, 1.82) is 0 Å². The molecule has 0 bridgehead atoms. The number of rotatable bonds is 1. The summed E-state index contributed by atoms with van der Waals surface area (Å²) in [4.78, 5) is 11.0. The molecule has 4 heteroatoms. The van der Waals surface area contributed by atoms with Gasteiger partial charge in [0.15, 0.2) is 0 Å². The zero-order chi connectivity index (χ0) is 10.1. The minimum absolute atomic E-state index is 0.00248. The van der Waals surface area contributed by atoms with Crippen LogP contribution in [0.25, 0.3) is 0 Å². The molecule has 74 valence electrons. The molecule has 1 N–H and O–H groups in total. The quantitative estimate of drug-likeness (QED) is 0.824. The molecule has 0 aromatic heterocycles. The number of amides is 1. The van der Waals surface area contributed by atoms with E-state index in [1.807, 2.05) is 0 Å². The van der Waals surface area contributed by atoms with E-state index in [0.717, 1.165) is 0 Å². The Bertz CT molecular complexity index is 380. The van der Waals surface area contributed by atoms with Gasteiger partial charge < -0.3 is 5.32 Å². The zero-order valence-corrected chi connectivity index (χ0v) is 8.97. The highest BCUT2D eigenvalue weighted by atomic mass is 79.9. The molecule has 14 heavy (non-hydrogen) atoms. The van der Waals surface area contributed by atoms with E-state index in [2.05, 4.69) is 21.2 Å². The minimum atomic E-state index is -0.272. The minimum Gasteiger partial charge on any atom is -0.349 e. The second kappa shape index (κ2) is 3.69. The van der Waals surface area contributed by atoms with Crippen molar-refractivity contribution in [3.05, 3.63) is 34.1 Å². The highest BCUT2D eigenvalue weighted by molar-refractivity contribution is 9.10. The van der Waals surface area contributed by atoms with Crippen LogP contribution in [0.5, 0.6) is 0 Å². The predicted molar refractivity (Wildman–Crippen MR) is 54.2 cm³/mol. The number of carbonyl (C=O) groups is 1. The number of hydrogen-bond donors (Lipinski definition) is 1. The summed E-state index contributed by atoms with van der Waals surface area (Å²) in [7, 11) is 0. The van der Waals surface area contributed by atoms with Gasteiger partial charge in [0.2, 0.25) is 5.91 Å². The van der Waals surface area contributed by atoms with E-state index in [1.165, 1.54) is 6.07 Å². The zero-order valence-electron chi connectivity index (χ0n) is 7.39. The Morgan fingerprint density at radius 2 is 2.29 bits per heavy atom. The van der Waals surface area contributed by atoms with Crippen LogP contribution < -0.4 is 5.32 Å². The summed E-state index contributed by atoms with van der Waals surface area (Å²) in [6.45, 7) is 0. The molecule has 1 aromatic carbocycles. The lowest BCUT2D eigenvalue weighted by atomic mass is 10.1. The topological polar surface area (TPSA) is 29.1 Å². The summed E-state index contributed by atoms with van der Waals surface area (Å²) in [6, 6.07) is 4.74. The fourth-order valence-corrected chi connectivity index (χ4v) is 1.96. The summed E-state index contributed by atoms with van der Waals surface area (Å²) in [6.07, 6.45) is 1.16. The average molecular weight is 258 g/mol. The van der Waals surface area contributed by atoms with Crippen LogP contribution in [-0.4, -0.2) is 5.91 Å². The van der Waals surface area contributed by atoms with Crippen LogP contribution in [0.15, 0.2) is 22.7 Å². The average Bonchev–Trinajstić information content (AvgIpc) is 2.51. The van der Waals surface area contributed by atoms with Crippen LogP contribution in [0.3, 0.4) is 0 Å². The Labute approximate surface area is 89.6 Å². The lowest BCUT2D eigenvalue weighted by Gasteiger charge is -2.11. The lowest BCUT2D eigenvalue weighted by Crippen LogP contribution is -2.19. The standard InChI is InChI=1S/C10H9BrFNO/c11-6-1-2-7(8(12)5-6)9-3-4-10(14)13-9/h1-2,5,9H,3-4H2,(H,13,14)/t9-/m1/s1. The summed E-state index contributed by atoms with van der Waals surface area (Å²) >= 11 is 3.19. The van der Waals surface area contributed by atoms with E-state index in [1.54, 1.807) is 12.1 Å². The van der Waals surface area contributed by atoms with E-state index in [-0.39, 0.29) is 17.8 Å². The van der Waals surface area contributed by atoms with Crippen LogP contribution in [0.2, 0.25) is 0 Å². The van der Waals surface area contributed by atoms with E-state index in [4.69, 9.17) is 0 Å². The van der Waals surface area contributed by atoms with Crippen LogP contribution in [0.1, 0.15) is 24.4 Å². The molecule has 0 unspecified atom stereocenters. The van der Waals surface area contributed by atoms with Crippen molar-refractivity contribution in [2.24, 2.45) is 0 Å². The molecule has 2 nitrogen and oxygen atoms in total. The van der Waals surface area contributed by atoms with Gasteiger partial charge in [-0.25, -0.2) is 4.39 Å². The smallest absolute Gasteiger partial charge is 0.220 e. The van der Waals surface area contributed by atoms with Gasteiger partial charge in [-0.05, 0) is 18.6 Å². The number of nitrogens with one attached hydrogen (secondary N) is 1. The maximum Gasteiger partial charge on any atom is 0.220 e. The van der Waals surface area contributed by atoms with Crippen molar-refractivity contribution in [3.63, 3.8) is 0 Å². The molecule has 0 spiro atoms. The molecule has 1 heterocycles. The van der Waals surface area contributed by atoms with Gasteiger partial charge in [-0.15, -0.1) is 0 Å². The molecule has 1 saturated heterocycles. The highest BCUT2D eigenvalue weighted by Crippen LogP contribution is 2.27. The molecule has 1 fully saturated rings. The van der Waals surface area contributed by atoms with E-state index in [0.29, 0.717) is 22.9 Å². The third kappa shape index (κ3) is 1.80. The molecule has 1 aromatic rings. The SMILES string of the molecule is O=C1CC[C@H](c2ccc(Br)cc2F)N1. The number of halogens is 2. The van der Waals surface area contributed by atoms with Crippen molar-refractivity contribution in [1.82, 2.24) is 5.32 Å². The van der Waals surface area contributed by atoms with Gasteiger partial charge in [-0.3, -0.25) is 4.79 Å². The van der Waals surface area contributed by atoms with Crippen molar-refractivity contribution in [3.8, 4) is 0 Å². The first-order valence-corrected chi connectivity index (χ1v) is 5.20. The molecular weight excluding hydrogens is 249 g/mol. The first kappa shape index (κ1) is 9.65. The second-order valence-electron chi connectivity index (χ2n) is 3.32. The number of carbonyl (C=O) groups excluding carboxylic acids is 1. The van der Waals surface area contributed by atoms with Gasteiger partial charge in [0.05, 0.1) is 6.04 Å². The van der Waals surface area contributed by atoms with Gasteiger partial charge in [0, 0.05) is 16.5 Å². The summed E-state index contributed by atoms with van der Waals surface area (Å²) in [5.74, 6) is -0.274. The summed E-state index contributed by atoms with van der Waals surface area (Å²) in [5, 5.41) is 2.74. The first-order valence-electron chi connectivity index (χ1n) is 4.41. The Morgan fingerprint density at radius 3 is 2.86 bits per heavy atom. The summed E-state index contributed by atoms with van der Waals surface area (Å²) in [5.41, 5.74) is 0.569. The van der Waals surface area contributed by atoms with Gasteiger partial charge in [0.1, 0.15) is 5.82 Å². The molecule has 0 saturated carbocycles. The number of hydrogen-bond acceptors (Lipinski definition) is 1. The highest BCUT2D eigenvalue weighted by Gasteiger charge is 2.24. The maximum absolute atomic E-state index is 13.4. The van der Waals surface area contributed by atoms with E-state index >= 15 is 0 Å². The largest absolute Gasteiger partial charge is 0.349 e. The molecule has 1 amide bonds. The number of benzene rings is 1.